The molecule has 0 heterocycles. The molecule has 0 aliphatic heterocycles. The third-order valence-corrected chi connectivity index (χ3v) is 2.50. The Morgan fingerprint density at radius 3 is 2.44 bits per heavy atom. The fraction of sp³-hybridized carbons (Fsp3) is 0.333. The summed E-state index contributed by atoms with van der Waals surface area (Å²) in [7, 11) is 0. The lowest BCUT2D eigenvalue weighted by Crippen LogP contribution is -2.13. The van der Waals surface area contributed by atoms with Crippen LogP contribution in [-0.2, 0) is 20.7 Å². The van der Waals surface area contributed by atoms with Gasteiger partial charge in [0.05, 0.1) is 12.2 Å². The number of carbonyl (C=O) groups is 2. The SMILES string of the molecule is CCOC(=O)C(=CCCc1ccccc1)C(C)=O. The highest BCUT2D eigenvalue weighted by atomic mass is 16.5. The topological polar surface area (TPSA) is 43.4 Å². The van der Waals surface area contributed by atoms with Gasteiger partial charge in [-0.25, -0.2) is 4.79 Å². The molecule has 0 amide bonds. The van der Waals surface area contributed by atoms with Gasteiger partial charge in [0.2, 0.25) is 0 Å². The molecule has 0 aliphatic carbocycles. The van der Waals surface area contributed by atoms with E-state index in [0.29, 0.717) is 6.42 Å². The van der Waals surface area contributed by atoms with Gasteiger partial charge in [-0.05, 0) is 32.3 Å². The Morgan fingerprint density at radius 1 is 1.22 bits per heavy atom. The first-order chi connectivity index (χ1) is 8.65. The van der Waals surface area contributed by atoms with E-state index >= 15 is 0 Å². The molecule has 0 aromatic heterocycles. The van der Waals surface area contributed by atoms with Gasteiger partial charge in [0.25, 0.3) is 0 Å². The fourth-order valence-electron chi connectivity index (χ4n) is 1.61. The van der Waals surface area contributed by atoms with E-state index in [1.54, 1.807) is 13.0 Å². The second-order valence-electron chi connectivity index (χ2n) is 3.92. The van der Waals surface area contributed by atoms with E-state index in [4.69, 9.17) is 4.74 Å². The fourth-order valence-corrected chi connectivity index (χ4v) is 1.61. The van der Waals surface area contributed by atoms with Crippen molar-refractivity contribution in [2.75, 3.05) is 6.61 Å². The molecule has 0 bridgehead atoms. The Labute approximate surface area is 107 Å². The lowest BCUT2D eigenvalue weighted by Gasteiger charge is -2.03. The third kappa shape index (κ3) is 4.53. The first kappa shape index (κ1) is 14.2. The van der Waals surface area contributed by atoms with E-state index in [9.17, 15) is 9.59 Å². The number of ether oxygens (including phenoxy) is 1. The maximum Gasteiger partial charge on any atom is 0.341 e. The maximum atomic E-state index is 11.5. The van der Waals surface area contributed by atoms with Crippen molar-refractivity contribution >= 4 is 11.8 Å². The lowest BCUT2D eigenvalue weighted by atomic mass is 10.1. The minimum atomic E-state index is -0.530. The molecule has 0 radical (unpaired) electrons. The molecule has 3 nitrogen and oxygen atoms in total. The van der Waals surface area contributed by atoms with Gasteiger partial charge in [-0.2, -0.15) is 0 Å². The van der Waals surface area contributed by atoms with E-state index in [2.05, 4.69) is 0 Å². The summed E-state index contributed by atoms with van der Waals surface area (Å²) in [6.07, 6.45) is 3.11. The summed E-state index contributed by atoms with van der Waals surface area (Å²) in [4.78, 5) is 22.8. The molecular weight excluding hydrogens is 228 g/mol. The molecule has 0 saturated heterocycles. The molecule has 0 saturated carbocycles. The quantitative estimate of drug-likeness (QED) is 0.335. The molecule has 18 heavy (non-hydrogen) atoms. The van der Waals surface area contributed by atoms with Crippen LogP contribution in [0.15, 0.2) is 42.0 Å². The van der Waals surface area contributed by atoms with Crippen LogP contribution in [0.5, 0.6) is 0 Å². The van der Waals surface area contributed by atoms with Crippen molar-refractivity contribution in [3.8, 4) is 0 Å². The Morgan fingerprint density at radius 2 is 1.89 bits per heavy atom. The number of hydrogen-bond donors (Lipinski definition) is 0. The highest BCUT2D eigenvalue weighted by Crippen LogP contribution is 2.07. The average molecular weight is 246 g/mol. The van der Waals surface area contributed by atoms with E-state index in [1.807, 2.05) is 30.3 Å². The van der Waals surface area contributed by atoms with E-state index < -0.39 is 5.97 Å². The van der Waals surface area contributed by atoms with Gasteiger partial charge >= 0.3 is 5.97 Å². The van der Waals surface area contributed by atoms with Gasteiger partial charge in [0.15, 0.2) is 5.78 Å². The zero-order valence-electron chi connectivity index (χ0n) is 10.8. The van der Waals surface area contributed by atoms with Crippen LogP contribution in [0.25, 0.3) is 0 Å². The Kier molecular flexibility index (Phi) is 5.85. The summed E-state index contributed by atoms with van der Waals surface area (Å²) in [6, 6.07) is 9.93. The van der Waals surface area contributed by atoms with Crippen molar-refractivity contribution < 1.29 is 14.3 Å². The Hall–Kier alpha value is -1.90. The van der Waals surface area contributed by atoms with Crippen LogP contribution < -0.4 is 0 Å². The van der Waals surface area contributed by atoms with Crippen LogP contribution >= 0.6 is 0 Å². The van der Waals surface area contributed by atoms with E-state index in [0.717, 1.165) is 6.42 Å². The van der Waals surface area contributed by atoms with Gasteiger partial charge in [-0.3, -0.25) is 4.79 Å². The second-order valence-corrected chi connectivity index (χ2v) is 3.92. The van der Waals surface area contributed by atoms with Gasteiger partial charge < -0.3 is 4.74 Å². The molecule has 1 rings (SSSR count). The number of ketones is 1. The van der Waals surface area contributed by atoms with E-state index in [-0.39, 0.29) is 18.0 Å². The minimum Gasteiger partial charge on any atom is -0.462 e. The van der Waals surface area contributed by atoms with Crippen LogP contribution in [0.2, 0.25) is 0 Å². The lowest BCUT2D eigenvalue weighted by molar-refractivity contribution is -0.139. The number of rotatable bonds is 6. The molecule has 1 aromatic rings. The van der Waals surface area contributed by atoms with E-state index in [1.165, 1.54) is 12.5 Å². The minimum absolute atomic E-state index is 0.146. The third-order valence-electron chi connectivity index (χ3n) is 2.50. The first-order valence-corrected chi connectivity index (χ1v) is 6.07. The standard InChI is InChI=1S/C15H18O3/c1-3-18-15(17)14(12(2)16)11-7-10-13-8-5-4-6-9-13/h4-6,8-9,11H,3,7,10H2,1-2H3. The van der Waals surface area contributed by atoms with Crippen molar-refractivity contribution in [1.82, 2.24) is 0 Å². The summed E-state index contributed by atoms with van der Waals surface area (Å²) in [6.45, 7) is 3.38. The monoisotopic (exact) mass is 246 g/mol. The molecule has 0 fully saturated rings. The predicted octanol–water partition coefficient (Wildman–Crippen LogP) is 2.70. The molecule has 0 unspecified atom stereocenters. The van der Waals surface area contributed by atoms with Gasteiger partial charge in [-0.1, -0.05) is 36.4 Å². The molecular formula is C15H18O3. The van der Waals surface area contributed by atoms with Crippen molar-refractivity contribution in [2.45, 2.75) is 26.7 Å². The van der Waals surface area contributed by atoms with Gasteiger partial charge in [-0.15, -0.1) is 0 Å². The van der Waals surface area contributed by atoms with Crippen molar-refractivity contribution in [2.24, 2.45) is 0 Å². The van der Waals surface area contributed by atoms with Crippen LogP contribution in [0.1, 0.15) is 25.8 Å². The van der Waals surface area contributed by atoms with Crippen LogP contribution in [0, 0.1) is 0 Å². The van der Waals surface area contributed by atoms with Gasteiger partial charge in [0.1, 0.15) is 0 Å². The molecule has 0 spiro atoms. The average Bonchev–Trinajstić information content (AvgIpc) is 2.35. The molecule has 1 aromatic carbocycles. The van der Waals surface area contributed by atoms with Crippen molar-refractivity contribution in [3.63, 3.8) is 0 Å². The second kappa shape index (κ2) is 7.43. The first-order valence-electron chi connectivity index (χ1n) is 6.07. The van der Waals surface area contributed by atoms with Crippen LogP contribution in [0.3, 0.4) is 0 Å². The molecule has 0 N–H and O–H groups in total. The molecule has 96 valence electrons. The number of aryl methyl sites for hydroxylation is 1. The predicted molar refractivity (Wildman–Crippen MR) is 70.2 cm³/mol. The smallest absolute Gasteiger partial charge is 0.341 e. The largest absolute Gasteiger partial charge is 0.462 e. The number of allylic oxidation sites excluding steroid dienone is 1. The molecule has 3 heteroatoms. The summed E-state index contributed by atoms with van der Waals surface area (Å²) in [5, 5.41) is 0. The Bertz CT molecular complexity index is 432. The number of hydrogen-bond acceptors (Lipinski definition) is 3. The van der Waals surface area contributed by atoms with Gasteiger partial charge in [0, 0.05) is 0 Å². The summed E-state index contributed by atoms with van der Waals surface area (Å²) < 4.78 is 4.84. The van der Waals surface area contributed by atoms with Crippen LogP contribution in [-0.4, -0.2) is 18.4 Å². The number of benzene rings is 1. The highest BCUT2D eigenvalue weighted by molar-refractivity contribution is 6.16. The summed E-state index contributed by atoms with van der Waals surface area (Å²) in [5.74, 6) is -0.778. The zero-order valence-corrected chi connectivity index (χ0v) is 10.8. The number of carbonyl (C=O) groups excluding carboxylic acids is 2. The number of Topliss-reactive ketones (excluding diaryl/α,β-unsaturated/α-hetero) is 1. The zero-order chi connectivity index (χ0) is 13.4. The maximum absolute atomic E-state index is 11.5. The summed E-state index contributed by atoms with van der Waals surface area (Å²) in [5.41, 5.74) is 1.33. The van der Waals surface area contributed by atoms with Crippen molar-refractivity contribution in [1.29, 1.82) is 0 Å². The van der Waals surface area contributed by atoms with Crippen molar-refractivity contribution in [3.05, 3.63) is 47.5 Å². The summed E-state index contributed by atoms with van der Waals surface area (Å²) >= 11 is 0. The van der Waals surface area contributed by atoms with Crippen LogP contribution in [0.4, 0.5) is 0 Å². The molecule has 0 aliphatic rings. The Balaban J connectivity index is 2.61. The molecule has 0 atom stereocenters. The number of esters is 1. The normalized spacial score (nSPS) is 11.1. The highest BCUT2D eigenvalue weighted by Gasteiger charge is 2.14.